The van der Waals surface area contributed by atoms with E-state index in [2.05, 4.69) is 0 Å². The van der Waals surface area contributed by atoms with E-state index in [0.717, 1.165) is 5.56 Å². The summed E-state index contributed by atoms with van der Waals surface area (Å²) in [5, 5.41) is 9.25. The number of carbonyl (C=O) groups is 2. The maximum atomic E-state index is 12.3. The number of amides is 1. The normalized spacial score (nSPS) is 10.3. The lowest BCUT2D eigenvalue weighted by atomic mass is 9.98. The number of carbonyl (C=O) groups excluding carboxylic acids is 1. The van der Waals surface area contributed by atoms with E-state index in [0.29, 0.717) is 24.2 Å². The van der Waals surface area contributed by atoms with Gasteiger partial charge in [-0.1, -0.05) is 30.3 Å². The van der Waals surface area contributed by atoms with Crippen molar-refractivity contribution >= 4 is 11.9 Å². The molecule has 0 spiro atoms. The van der Waals surface area contributed by atoms with E-state index in [9.17, 15) is 14.7 Å². The molecule has 0 aliphatic carbocycles. The van der Waals surface area contributed by atoms with E-state index >= 15 is 0 Å². The molecule has 0 radical (unpaired) electrons. The van der Waals surface area contributed by atoms with Gasteiger partial charge >= 0.3 is 5.97 Å². The van der Waals surface area contributed by atoms with E-state index in [-0.39, 0.29) is 11.5 Å². The predicted octanol–water partition coefficient (Wildman–Crippen LogP) is 3.53. The maximum absolute atomic E-state index is 12.3. The topological polar surface area (TPSA) is 57.6 Å². The van der Waals surface area contributed by atoms with Crippen LogP contribution < -0.4 is 0 Å². The molecular weight excluding hydrogens is 278 g/mol. The van der Waals surface area contributed by atoms with Crippen molar-refractivity contribution < 1.29 is 14.7 Å². The van der Waals surface area contributed by atoms with Gasteiger partial charge in [-0.15, -0.1) is 0 Å². The SMILES string of the molecule is CCN(CC)C(=O)c1ccc(-c2ccccc2C(=O)O)cc1. The summed E-state index contributed by atoms with van der Waals surface area (Å²) in [6.07, 6.45) is 0. The smallest absolute Gasteiger partial charge is 0.336 e. The van der Waals surface area contributed by atoms with Crippen molar-refractivity contribution in [2.75, 3.05) is 13.1 Å². The molecular formula is C18H19NO3. The molecule has 0 unspecified atom stereocenters. The molecule has 0 saturated carbocycles. The summed E-state index contributed by atoms with van der Waals surface area (Å²) in [7, 11) is 0. The van der Waals surface area contributed by atoms with E-state index in [1.807, 2.05) is 13.8 Å². The molecule has 22 heavy (non-hydrogen) atoms. The van der Waals surface area contributed by atoms with Crippen LogP contribution in [0.4, 0.5) is 0 Å². The number of hydrogen-bond acceptors (Lipinski definition) is 2. The minimum Gasteiger partial charge on any atom is -0.478 e. The Hall–Kier alpha value is -2.62. The summed E-state index contributed by atoms with van der Waals surface area (Å²) in [4.78, 5) is 25.3. The summed E-state index contributed by atoms with van der Waals surface area (Å²) < 4.78 is 0. The number of benzene rings is 2. The second-order valence-corrected chi connectivity index (χ2v) is 4.91. The highest BCUT2D eigenvalue weighted by molar-refractivity contribution is 5.97. The van der Waals surface area contributed by atoms with E-state index in [1.165, 1.54) is 0 Å². The quantitative estimate of drug-likeness (QED) is 0.918. The lowest BCUT2D eigenvalue weighted by Gasteiger charge is -2.18. The first-order valence-corrected chi connectivity index (χ1v) is 7.30. The fraction of sp³-hybridized carbons (Fsp3) is 0.222. The highest BCUT2D eigenvalue weighted by atomic mass is 16.4. The molecule has 0 aliphatic heterocycles. The average molecular weight is 297 g/mol. The summed E-state index contributed by atoms with van der Waals surface area (Å²) in [6, 6.07) is 13.9. The Morgan fingerprint density at radius 3 is 2.09 bits per heavy atom. The molecule has 0 heterocycles. The van der Waals surface area contributed by atoms with Crippen LogP contribution >= 0.6 is 0 Å². The molecule has 2 aromatic carbocycles. The van der Waals surface area contributed by atoms with Crippen LogP contribution in [0.2, 0.25) is 0 Å². The first-order chi connectivity index (χ1) is 10.6. The van der Waals surface area contributed by atoms with Gasteiger partial charge in [-0.25, -0.2) is 4.79 Å². The number of carboxylic acids is 1. The van der Waals surface area contributed by atoms with E-state index in [1.54, 1.807) is 53.4 Å². The number of carboxylic acid groups (broad SMARTS) is 1. The van der Waals surface area contributed by atoms with Crippen LogP contribution in [0.3, 0.4) is 0 Å². The van der Waals surface area contributed by atoms with Crippen LogP contribution in [-0.4, -0.2) is 35.0 Å². The minimum atomic E-state index is -0.959. The molecule has 0 bridgehead atoms. The Balaban J connectivity index is 2.34. The number of rotatable bonds is 5. The third kappa shape index (κ3) is 3.17. The van der Waals surface area contributed by atoms with Crippen LogP contribution in [0, 0.1) is 0 Å². The van der Waals surface area contributed by atoms with E-state index < -0.39 is 5.97 Å². The first-order valence-electron chi connectivity index (χ1n) is 7.30. The largest absolute Gasteiger partial charge is 0.478 e. The Morgan fingerprint density at radius 1 is 0.955 bits per heavy atom. The molecule has 0 fully saturated rings. The number of nitrogens with zero attached hydrogens (tertiary/aromatic N) is 1. The maximum Gasteiger partial charge on any atom is 0.336 e. The van der Waals surface area contributed by atoms with Crippen molar-refractivity contribution in [3.63, 3.8) is 0 Å². The van der Waals surface area contributed by atoms with Gasteiger partial charge in [0, 0.05) is 18.7 Å². The summed E-state index contributed by atoms with van der Waals surface area (Å²) >= 11 is 0. The fourth-order valence-corrected chi connectivity index (χ4v) is 2.41. The summed E-state index contributed by atoms with van der Waals surface area (Å²) in [5.41, 5.74) is 2.30. The van der Waals surface area contributed by atoms with E-state index in [4.69, 9.17) is 0 Å². The van der Waals surface area contributed by atoms with Crippen molar-refractivity contribution in [2.45, 2.75) is 13.8 Å². The molecule has 0 saturated heterocycles. The summed E-state index contributed by atoms with van der Waals surface area (Å²) in [5.74, 6) is -0.970. The van der Waals surface area contributed by atoms with Crippen molar-refractivity contribution in [1.29, 1.82) is 0 Å². The molecule has 1 N–H and O–H groups in total. The highest BCUT2D eigenvalue weighted by Gasteiger charge is 2.14. The lowest BCUT2D eigenvalue weighted by Crippen LogP contribution is -2.30. The van der Waals surface area contributed by atoms with Gasteiger partial charge in [-0.05, 0) is 43.2 Å². The van der Waals surface area contributed by atoms with Crippen LogP contribution in [0.15, 0.2) is 48.5 Å². The molecule has 114 valence electrons. The Kier molecular flexibility index (Phi) is 4.94. The van der Waals surface area contributed by atoms with Gasteiger partial charge in [-0.2, -0.15) is 0 Å². The summed E-state index contributed by atoms with van der Waals surface area (Å²) in [6.45, 7) is 5.22. The van der Waals surface area contributed by atoms with Gasteiger partial charge in [-0.3, -0.25) is 4.79 Å². The first kappa shape index (κ1) is 15.8. The third-order valence-electron chi connectivity index (χ3n) is 3.65. The zero-order valence-electron chi connectivity index (χ0n) is 12.7. The van der Waals surface area contributed by atoms with Gasteiger partial charge in [0.2, 0.25) is 0 Å². The standard InChI is InChI=1S/C18H19NO3/c1-3-19(4-2)17(20)14-11-9-13(10-12-14)15-7-5-6-8-16(15)18(21)22/h5-12H,3-4H2,1-2H3,(H,21,22). The van der Waals surface area contributed by atoms with Crippen molar-refractivity contribution in [3.05, 3.63) is 59.7 Å². The number of aromatic carboxylic acids is 1. The molecule has 4 heteroatoms. The highest BCUT2D eigenvalue weighted by Crippen LogP contribution is 2.24. The predicted molar refractivity (Wildman–Crippen MR) is 86.1 cm³/mol. The van der Waals surface area contributed by atoms with Crippen LogP contribution in [0.5, 0.6) is 0 Å². The fourth-order valence-electron chi connectivity index (χ4n) is 2.41. The number of hydrogen-bond donors (Lipinski definition) is 1. The second kappa shape index (κ2) is 6.89. The van der Waals surface area contributed by atoms with Gasteiger partial charge in [0.05, 0.1) is 5.56 Å². The van der Waals surface area contributed by atoms with Crippen molar-refractivity contribution in [1.82, 2.24) is 4.90 Å². The molecule has 2 rings (SSSR count). The van der Waals surface area contributed by atoms with Crippen molar-refractivity contribution in [2.24, 2.45) is 0 Å². The molecule has 2 aromatic rings. The Labute approximate surface area is 130 Å². The monoisotopic (exact) mass is 297 g/mol. The Bertz CT molecular complexity index is 673. The van der Waals surface area contributed by atoms with Gasteiger partial charge in [0.25, 0.3) is 5.91 Å². The minimum absolute atomic E-state index is 0.0110. The second-order valence-electron chi connectivity index (χ2n) is 4.91. The molecule has 1 amide bonds. The zero-order valence-corrected chi connectivity index (χ0v) is 12.7. The lowest BCUT2D eigenvalue weighted by molar-refractivity contribution is 0.0696. The molecule has 0 aliphatic rings. The molecule has 0 aromatic heterocycles. The molecule has 0 atom stereocenters. The average Bonchev–Trinajstić information content (AvgIpc) is 2.56. The van der Waals surface area contributed by atoms with Gasteiger partial charge < -0.3 is 10.0 Å². The van der Waals surface area contributed by atoms with Crippen LogP contribution in [0.25, 0.3) is 11.1 Å². The Morgan fingerprint density at radius 2 is 1.55 bits per heavy atom. The zero-order chi connectivity index (χ0) is 16.1. The van der Waals surface area contributed by atoms with Crippen LogP contribution in [-0.2, 0) is 0 Å². The third-order valence-corrected chi connectivity index (χ3v) is 3.65. The van der Waals surface area contributed by atoms with Crippen LogP contribution in [0.1, 0.15) is 34.6 Å². The van der Waals surface area contributed by atoms with Gasteiger partial charge in [0.1, 0.15) is 0 Å². The van der Waals surface area contributed by atoms with Gasteiger partial charge in [0.15, 0.2) is 0 Å². The molecule has 4 nitrogen and oxygen atoms in total. The van der Waals surface area contributed by atoms with Crippen molar-refractivity contribution in [3.8, 4) is 11.1 Å².